The number of aryl methyl sites for hydroxylation is 2. The third-order valence-corrected chi connectivity index (χ3v) is 5.04. The highest BCUT2D eigenvalue weighted by atomic mass is 19.1. The van der Waals surface area contributed by atoms with Gasteiger partial charge in [-0.2, -0.15) is 0 Å². The first-order chi connectivity index (χ1) is 11.7. The van der Waals surface area contributed by atoms with E-state index in [2.05, 4.69) is 42.8 Å². The van der Waals surface area contributed by atoms with E-state index in [-0.39, 0.29) is 11.4 Å². The largest absolute Gasteiger partial charge is 0.365 e. The van der Waals surface area contributed by atoms with E-state index in [1.165, 1.54) is 5.57 Å². The standard InChI is InChI=1S/C22H25FN2/c1-14-7-8-15(2)20(9-14)24-13-17-10-18-16(3)12-22(4,5)25(6)21(18)11-19(17)23/h7-13H,1-6H3. The number of anilines is 1. The molecule has 0 N–H and O–H groups in total. The zero-order chi connectivity index (χ0) is 18.4. The fourth-order valence-electron chi connectivity index (χ4n) is 3.28. The van der Waals surface area contributed by atoms with Gasteiger partial charge < -0.3 is 4.90 Å². The summed E-state index contributed by atoms with van der Waals surface area (Å²) in [4.78, 5) is 6.64. The van der Waals surface area contributed by atoms with Crippen LogP contribution in [0.25, 0.3) is 5.57 Å². The second-order valence-electron chi connectivity index (χ2n) is 7.48. The Morgan fingerprint density at radius 2 is 1.80 bits per heavy atom. The number of benzene rings is 2. The van der Waals surface area contributed by atoms with Gasteiger partial charge in [-0.25, -0.2) is 4.39 Å². The maximum absolute atomic E-state index is 14.7. The molecule has 0 spiro atoms. The predicted molar refractivity (Wildman–Crippen MR) is 106 cm³/mol. The molecular weight excluding hydrogens is 311 g/mol. The molecule has 2 aromatic rings. The monoisotopic (exact) mass is 336 g/mol. The molecule has 2 aromatic carbocycles. The first kappa shape index (κ1) is 17.4. The van der Waals surface area contributed by atoms with Gasteiger partial charge in [0, 0.05) is 30.1 Å². The molecule has 0 bridgehead atoms. The van der Waals surface area contributed by atoms with Gasteiger partial charge in [0.05, 0.1) is 11.2 Å². The third kappa shape index (κ3) is 3.23. The van der Waals surface area contributed by atoms with Crippen LogP contribution >= 0.6 is 0 Å². The van der Waals surface area contributed by atoms with E-state index in [0.29, 0.717) is 5.56 Å². The second-order valence-corrected chi connectivity index (χ2v) is 7.48. The Bertz CT molecular complexity index is 891. The van der Waals surface area contributed by atoms with Gasteiger partial charge in [-0.3, -0.25) is 4.99 Å². The molecule has 0 aromatic heterocycles. The first-order valence-electron chi connectivity index (χ1n) is 8.57. The lowest BCUT2D eigenvalue weighted by Gasteiger charge is -2.40. The topological polar surface area (TPSA) is 15.6 Å². The molecule has 130 valence electrons. The lowest BCUT2D eigenvalue weighted by Crippen LogP contribution is -2.42. The zero-order valence-corrected chi connectivity index (χ0v) is 15.8. The van der Waals surface area contributed by atoms with E-state index in [1.54, 1.807) is 12.3 Å². The molecule has 0 saturated carbocycles. The average molecular weight is 336 g/mol. The smallest absolute Gasteiger partial charge is 0.134 e. The molecule has 0 unspecified atom stereocenters. The van der Waals surface area contributed by atoms with Crippen LogP contribution in [0.1, 0.15) is 43.0 Å². The lowest BCUT2D eigenvalue weighted by molar-refractivity contribution is 0.589. The Morgan fingerprint density at radius 3 is 2.52 bits per heavy atom. The summed E-state index contributed by atoms with van der Waals surface area (Å²) in [7, 11) is 2.01. The number of likely N-dealkylation sites (N-methyl/N-ethyl adjacent to an activating group) is 1. The molecule has 3 rings (SSSR count). The molecule has 2 nitrogen and oxygen atoms in total. The van der Waals surface area contributed by atoms with Crippen LogP contribution in [0.3, 0.4) is 0 Å². The van der Waals surface area contributed by atoms with Crippen molar-refractivity contribution in [1.82, 2.24) is 0 Å². The number of nitrogens with zero attached hydrogens (tertiary/aromatic N) is 2. The lowest BCUT2D eigenvalue weighted by atomic mass is 9.88. The van der Waals surface area contributed by atoms with Crippen molar-refractivity contribution in [2.75, 3.05) is 11.9 Å². The van der Waals surface area contributed by atoms with E-state index in [9.17, 15) is 4.39 Å². The molecule has 0 saturated heterocycles. The van der Waals surface area contributed by atoms with Crippen molar-refractivity contribution < 1.29 is 4.39 Å². The van der Waals surface area contributed by atoms with Crippen molar-refractivity contribution in [2.24, 2.45) is 4.99 Å². The van der Waals surface area contributed by atoms with Crippen LogP contribution in [0.4, 0.5) is 15.8 Å². The van der Waals surface area contributed by atoms with Crippen molar-refractivity contribution >= 4 is 23.2 Å². The van der Waals surface area contributed by atoms with Crippen molar-refractivity contribution in [3.8, 4) is 0 Å². The number of allylic oxidation sites excluding steroid dienone is 1. The first-order valence-corrected chi connectivity index (χ1v) is 8.57. The normalized spacial score (nSPS) is 16.1. The van der Waals surface area contributed by atoms with Crippen LogP contribution in [0.15, 0.2) is 41.4 Å². The Labute approximate surface area is 149 Å². The summed E-state index contributed by atoms with van der Waals surface area (Å²) in [5, 5.41) is 0. The van der Waals surface area contributed by atoms with Crippen molar-refractivity contribution in [1.29, 1.82) is 0 Å². The van der Waals surface area contributed by atoms with Gasteiger partial charge in [-0.05, 0) is 69.5 Å². The van der Waals surface area contributed by atoms with Crippen molar-refractivity contribution in [2.45, 2.75) is 40.2 Å². The number of halogens is 1. The molecule has 25 heavy (non-hydrogen) atoms. The highest BCUT2D eigenvalue weighted by molar-refractivity contribution is 5.89. The Balaban J connectivity index is 2.04. The highest BCUT2D eigenvalue weighted by Crippen LogP contribution is 2.38. The maximum atomic E-state index is 14.7. The minimum Gasteiger partial charge on any atom is -0.365 e. The van der Waals surface area contributed by atoms with Crippen LogP contribution in [-0.2, 0) is 0 Å². The molecule has 1 aliphatic heterocycles. The van der Waals surface area contributed by atoms with Crippen LogP contribution < -0.4 is 4.90 Å². The molecule has 1 aliphatic rings. The fourth-order valence-corrected chi connectivity index (χ4v) is 3.28. The van der Waals surface area contributed by atoms with Crippen LogP contribution in [0.2, 0.25) is 0 Å². The second kappa shape index (κ2) is 6.14. The van der Waals surface area contributed by atoms with Gasteiger partial charge in [0.2, 0.25) is 0 Å². The Hall–Kier alpha value is -2.42. The minimum atomic E-state index is -0.245. The van der Waals surface area contributed by atoms with Gasteiger partial charge in [-0.1, -0.05) is 18.2 Å². The van der Waals surface area contributed by atoms with Crippen LogP contribution in [0, 0.1) is 19.7 Å². The number of aliphatic imine (C=N–C) groups is 1. The summed E-state index contributed by atoms with van der Waals surface area (Å²) in [6, 6.07) is 9.63. The summed E-state index contributed by atoms with van der Waals surface area (Å²) >= 11 is 0. The molecule has 0 radical (unpaired) electrons. The number of rotatable bonds is 2. The van der Waals surface area contributed by atoms with Crippen LogP contribution in [-0.4, -0.2) is 18.8 Å². The molecule has 3 heteroatoms. The van der Waals surface area contributed by atoms with E-state index >= 15 is 0 Å². The maximum Gasteiger partial charge on any atom is 0.134 e. The molecule has 0 aliphatic carbocycles. The van der Waals surface area contributed by atoms with E-state index < -0.39 is 0 Å². The summed E-state index contributed by atoms with van der Waals surface area (Å²) in [5.74, 6) is -0.245. The summed E-state index contributed by atoms with van der Waals surface area (Å²) in [6.45, 7) is 10.4. The van der Waals surface area contributed by atoms with Gasteiger partial charge in [0.1, 0.15) is 5.82 Å². The van der Waals surface area contributed by atoms with Crippen molar-refractivity contribution in [3.63, 3.8) is 0 Å². The summed E-state index contributed by atoms with van der Waals surface area (Å²) in [5.41, 5.74) is 6.64. The third-order valence-electron chi connectivity index (χ3n) is 5.04. The Morgan fingerprint density at radius 1 is 1.08 bits per heavy atom. The summed E-state index contributed by atoms with van der Waals surface area (Å²) in [6.07, 6.45) is 3.85. The highest BCUT2D eigenvalue weighted by Gasteiger charge is 2.29. The fraction of sp³-hybridized carbons (Fsp3) is 0.318. The average Bonchev–Trinajstić information content (AvgIpc) is 2.54. The molecule has 1 heterocycles. The molecule has 0 fully saturated rings. The Kier molecular flexibility index (Phi) is 4.28. The van der Waals surface area contributed by atoms with E-state index in [0.717, 1.165) is 28.1 Å². The quantitative estimate of drug-likeness (QED) is 0.630. The van der Waals surface area contributed by atoms with Gasteiger partial charge in [-0.15, -0.1) is 0 Å². The minimum absolute atomic E-state index is 0.127. The van der Waals surface area contributed by atoms with E-state index in [1.807, 2.05) is 39.1 Å². The zero-order valence-electron chi connectivity index (χ0n) is 15.8. The van der Waals surface area contributed by atoms with Gasteiger partial charge in [0.15, 0.2) is 0 Å². The predicted octanol–water partition coefficient (Wildman–Crippen LogP) is 5.82. The molecule has 0 amide bonds. The number of fused-ring (bicyclic) bond motifs is 1. The van der Waals surface area contributed by atoms with Crippen LogP contribution in [0.5, 0.6) is 0 Å². The van der Waals surface area contributed by atoms with E-state index in [4.69, 9.17) is 0 Å². The molecular formula is C22H25FN2. The summed E-state index contributed by atoms with van der Waals surface area (Å²) < 4.78 is 14.7. The molecule has 0 atom stereocenters. The van der Waals surface area contributed by atoms with Crippen molar-refractivity contribution in [3.05, 3.63) is 64.5 Å². The SMILES string of the molecule is CC1=CC(C)(C)N(C)c2cc(F)c(C=Nc3cc(C)ccc3C)cc21. The van der Waals surface area contributed by atoms with Gasteiger partial charge in [0.25, 0.3) is 0 Å². The van der Waals surface area contributed by atoms with Gasteiger partial charge >= 0.3 is 0 Å². The number of hydrogen-bond donors (Lipinski definition) is 0. The number of hydrogen-bond acceptors (Lipinski definition) is 2.